The summed E-state index contributed by atoms with van der Waals surface area (Å²) in [6, 6.07) is 0. The number of nitrogens with one attached hydrogen (secondary N) is 1. The van der Waals surface area contributed by atoms with Crippen LogP contribution in [0.1, 0.15) is 47.5 Å². The lowest BCUT2D eigenvalue weighted by Gasteiger charge is -2.25. The van der Waals surface area contributed by atoms with Crippen LogP contribution in [-0.4, -0.2) is 28.8 Å². The molecule has 1 aromatic rings. The molecule has 0 saturated heterocycles. The SMILES string of the molecule is Cc1noc(C)c1C(=O)NCC1CCC(O)CC1. The molecule has 100 valence electrons. The van der Waals surface area contributed by atoms with Crippen LogP contribution in [0.15, 0.2) is 4.52 Å². The quantitative estimate of drug-likeness (QED) is 0.856. The van der Waals surface area contributed by atoms with Crippen molar-refractivity contribution < 1.29 is 14.4 Å². The van der Waals surface area contributed by atoms with Crippen molar-refractivity contribution in [3.63, 3.8) is 0 Å². The van der Waals surface area contributed by atoms with Gasteiger partial charge in [-0.25, -0.2) is 0 Å². The Morgan fingerprint density at radius 1 is 1.39 bits per heavy atom. The molecule has 1 fully saturated rings. The van der Waals surface area contributed by atoms with Crippen LogP contribution >= 0.6 is 0 Å². The summed E-state index contributed by atoms with van der Waals surface area (Å²) in [5.74, 6) is 0.916. The van der Waals surface area contributed by atoms with Gasteiger partial charge in [0, 0.05) is 6.54 Å². The fraction of sp³-hybridized carbons (Fsp3) is 0.692. The average Bonchev–Trinajstić information content (AvgIpc) is 2.68. The van der Waals surface area contributed by atoms with Gasteiger partial charge >= 0.3 is 0 Å². The molecule has 0 aliphatic heterocycles. The molecule has 0 bridgehead atoms. The van der Waals surface area contributed by atoms with Gasteiger partial charge in [0.05, 0.1) is 11.8 Å². The first kappa shape index (κ1) is 13.1. The van der Waals surface area contributed by atoms with Gasteiger partial charge < -0.3 is 14.9 Å². The number of aryl methyl sites for hydroxylation is 2. The van der Waals surface area contributed by atoms with Gasteiger partial charge in [0.15, 0.2) is 0 Å². The maximum atomic E-state index is 12.0. The summed E-state index contributed by atoms with van der Waals surface area (Å²) in [7, 11) is 0. The molecular formula is C13H20N2O3. The Balaban J connectivity index is 1.85. The zero-order chi connectivity index (χ0) is 13.1. The predicted molar refractivity (Wildman–Crippen MR) is 66.3 cm³/mol. The number of hydrogen-bond donors (Lipinski definition) is 2. The van der Waals surface area contributed by atoms with Gasteiger partial charge in [0.2, 0.25) is 0 Å². The van der Waals surface area contributed by atoms with E-state index in [1.54, 1.807) is 13.8 Å². The number of carbonyl (C=O) groups is 1. The largest absolute Gasteiger partial charge is 0.393 e. The standard InChI is InChI=1S/C13H20N2O3/c1-8-12(9(2)18-15-8)13(17)14-7-10-3-5-11(16)6-4-10/h10-11,16H,3-7H2,1-2H3,(H,14,17). The smallest absolute Gasteiger partial charge is 0.256 e. The van der Waals surface area contributed by atoms with E-state index in [4.69, 9.17) is 4.52 Å². The van der Waals surface area contributed by atoms with Crippen molar-refractivity contribution in [2.45, 2.75) is 45.6 Å². The molecule has 1 heterocycles. The van der Waals surface area contributed by atoms with Crippen LogP contribution in [-0.2, 0) is 0 Å². The lowest BCUT2D eigenvalue weighted by atomic mass is 9.87. The molecule has 1 saturated carbocycles. The molecule has 18 heavy (non-hydrogen) atoms. The van der Waals surface area contributed by atoms with E-state index in [0.717, 1.165) is 25.7 Å². The first-order chi connectivity index (χ1) is 8.58. The highest BCUT2D eigenvalue weighted by Crippen LogP contribution is 2.23. The van der Waals surface area contributed by atoms with Crippen LogP contribution < -0.4 is 5.32 Å². The molecule has 1 amide bonds. The summed E-state index contributed by atoms with van der Waals surface area (Å²) in [5.41, 5.74) is 1.18. The highest BCUT2D eigenvalue weighted by atomic mass is 16.5. The predicted octanol–water partition coefficient (Wildman–Crippen LogP) is 1.57. The first-order valence-electron chi connectivity index (χ1n) is 6.47. The average molecular weight is 252 g/mol. The Morgan fingerprint density at radius 2 is 2.06 bits per heavy atom. The molecule has 5 heteroatoms. The Labute approximate surface area is 107 Å². The van der Waals surface area contributed by atoms with Gasteiger partial charge in [-0.1, -0.05) is 5.16 Å². The minimum Gasteiger partial charge on any atom is -0.393 e. The summed E-state index contributed by atoms with van der Waals surface area (Å²) in [6.45, 7) is 4.17. The molecule has 0 unspecified atom stereocenters. The third-order valence-electron chi connectivity index (χ3n) is 3.63. The van der Waals surface area contributed by atoms with E-state index >= 15 is 0 Å². The maximum absolute atomic E-state index is 12.0. The van der Waals surface area contributed by atoms with Crippen molar-refractivity contribution in [3.8, 4) is 0 Å². The molecule has 2 N–H and O–H groups in total. The summed E-state index contributed by atoms with van der Waals surface area (Å²) in [4.78, 5) is 12.0. The lowest BCUT2D eigenvalue weighted by Crippen LogP contribution is -2.32. The second-order valence-electron chi connectivity index (χ2n) is 5.08. The Bertz CT molecular complexity index is 400. The highest BCUT2D eigenvalue weighted by molar-refractivity contribution is 5.96. The van der Waals surface area contributed by atoms with E-state index in [-0.39, 0.29) is 12.0 Å². The summed E-state index contributed by atoms with van der Waals surface area (Å²) >= 11 is 0. The molecule has 5 nitrogen and oxygen atoms in total. The number of aromatic nitrogens is 1. The third kappa shape index (κ3) is 2.90. The number of rotatable bonds is 3. The van der Waals surface area contributed by atoms with Crippen molar-refractivity contribution in [1.29, 1.82) is 0 Å². The summed E-state index contributed by atoms with van der Waals surface area (Å²) in [5, 5.41) is 16.1. The lowest BCUT2D eigenvalue weighted by molar-refractivity contribution is 0.0908. The normalized spacial score (nSPS) is 23.9. The van der Waals surface area contributed by atoms with Crippen LogP contribution in [0.5, 0.6) is 0 Å². The van der Waals surface area contributed by atoms with Gasteiger partial charge in [-0.15, -0.1) is 0 Å². The minimum atomic E-state index is -0.153. The number of aliphatic hydroxyl groups is 1. The Morgan fingerprint density at radius 3 is 2.61 bits per heavy atom. The Kier molecular flexibility index (Phi) is 4.01. The zero-order valence-electron chi connectivity index (χ0n) is 10.9. The van der Waals surface area contributed by atoms with E-state index < -0.39 is 0 Å². The Hall–Kier alpha value is -1.36. The van der Waals surface area contributed by atoms with Crippen LogP contribution in [0.4, 0.5) is 0 Å². The topological polar surface area (TPSA) is 75.4 Å². The molecule has 0 aromatic carbocycles. The van der Waals surface area contributed by atoms with Gasteiger partial charge in [0.1, 0.15) is 11.3 Å². The van der Waals surface area contributed by atoms with Crippen LogP contribution in [0.2, 0.25) is 0 Å². The van der Waals surface area contributed by atoms with E-state index in [0.29, 0.717) is 29.5 Å². The van der Waals surface area contributed by atoms with Gasteiger partial charge in [-0.2, -0.15) is 0 Å². The molecule has 0 atom stereocenters. The van der Waals surface area contributed by atoms with Crippen molar-refractivity contribution in [2.75, 3.05) is 6.54 Å². The van der Waals surface area contributed by atoms with E-state index in [1.165, 1.54) is 0 Å². The van der Waals surface area contributed by atoms with Crippen LogP contribution in [0.25, 0.3) is 0 Å². The maximum Gasteiger partial charge on any atom is 0.256 e. The first-order valence-corrected chi connectivity index (χ1v) is 6.47. The number of hydrogen-bond acceptors (Lipinski definition) is 4. The van der Waals surface area contributed by atoms with Crippen molar-refractivity contribution >= 4 is 5.91 Å². The molecule has 1 aromatic heterocycles. The van der Waals surface area contributed by atoms with Gasteiger partial charge in [-0.3, -0.25) is 4.79 Å². The van der Waals surface area contributed by atoms with E-state index in [9.17, 15) is 9.90 Å². The van der Waals surface area contributed by atoms with Crippen LogP contribution in [0.3, 0.4) is 0 Å². The molecular weight excluding hydrogens is 232 g/mol. The fourth-order valence-corrected chi connectivity index (χ4v) is 2.48. The summed E-state index contributed by atoms with van der Waals surface area (Å²) in [6.07, 6.45) is 3.48. The molecule has 0 spiro atoms. The van der Waals surface area contributed by atoms with E-state index in [2.05, 4.69) is 10.5 Å². The fourth-order valence-electron chi connectivity index (χ4n) is 2.48. The minimum absolute atomic E-state index is 0.114. The number of carbonyl (C=O) groups excluding carboxylic acids is 1. The van der Waals surface area contributed by atoms with Crippen molar-refractivity contribution in [2.24, 2.45) is 5.92 Å². The van der Waals surface area contributed by atoms with Gasteiger partial charge in [-0.05, 0) is 45.4 Å². The summed E-state index contributed by atoms with van der Waals surface area (Å²) < 4.78 is 4.98. The third-order valence-corrected chi connectivity index (χ3v) is 3.63. The number of aliphatic hydroxyl groups excluding tert-OH is 1. The number of amides is 1. The highest BCUT2D eigenvalue weighted by Gasteiger charge is 2.22. The molecule has 2 rings (SSSR count). The van der Waals surface area contributed by atoms with Crippen LogP contribution in [0, 0.1) is 19.8 Å². The second kappa shape index (κ2) is 5.52. The zero-order valence-corrected chi connectivity index (χ0v) is 10.9. The number of nitrogens with zero attached hydrogens (tertiary/aromatic N) is 1. The van der Waals surface area contributed by atoms with Crippen molar-refractivity contribution in [3.05, 3.63) is 17.0 Å². The van der Waals surface area contributed by atoms with Crippen molar-refractivity contribution in [1.82, 2.24) is 10.5 Å². The molecule has 1 aliphatic rings. The molecule has 1 aliphatic carbocycles. The van der Waals surface area contributed by atoms with E-state index in [1.807, 2.05) is 0 Å². The monoisotopic (exact) mass is 252 g/mol. The molecule has 0 radical (unpaired) electrons. The second-order valence-corrected chi connectivity index (χ2v) is 5.08. The van der Waals surface area contributed by atoms with Gasteiger partial charge in [0.25, 0.3) is 5.91 Å².